The van der Waals surface area contributed by atoms with Crippen molar-refractivity contribution in [1.29, 1.82) is 0 Å². The number of amides is 1. The van der Waals surface area contributed by atoms with E-state index in [0.717, 1.165) is 5.56 Å². The highest BCUT2D eigenvalue weighted by molar-refractivity contribution is 5.94. The maximum Gasteiger partial charge on any atom is 0.358 e. The van der Waals surface area contributed by atoms with Crippen LogP contribution in [0.5, 0.6) is 0 Å². The molecule has 1 amide bonds. The van der Waals surface area contributed by atoms with Crippen molar-refractivity contribution < 1.29 is 23.9 Å². The van der Waals surface area contributed by atoms with Crippen molar-refractivity contribution in [3.63, 3.8) is 0 Å². The Morgan fingerprint density at radius 2 is 1.83 bits per heavy atom. The largest absolute Gasteiger partial charge is 0.464 e. The molecule has 0 bridgehead atoms. The number of methoxy groups -OCH3 is 2. The van der Waals surface area contributed by atoms with Gasteiger partial charge in [0.2, 0.25) is 0 Å². The fraction of sp³-hybridized carbons (Fsp3) is 0.250. The molecule has 0 saturated heterocycles. The van der Waals surface area contributed by atoms with E-state index in [1.165, 1.54) is 25.0 Å². The van der Waals surface area contributed by atoms with E-state index in [2.05, 4.69) is 15.2 Å². The van der Waals surface area contributed by atoms with Gasteiger partial charge < -0.3 is 14.8 Å². The molecular formula is C16H17N3O5. The second-order valence-corrected chi connectivity index (χ2v) is 4.84. The molecule has 0 spiro atoms. The maximum atomic E-state index is 11.9. The quantitative estimate of drug-likeness (QED) is 0.816. The summed E-state index contributed by atoms with van der Waals surface area (Å²) in [5.41, 5.74) is 1.33. The first kappa shape index (κ1) is 17.2. The SMILES string of the molecule is CNC(=O)c1cccc(Cn2nc(C(=O)OC)cc2C(=O)OC)c1. The number of esters is 2. The second kappa shape index (κ2) is 7.40. The second-order valence-electron chi connectivity index (χ2n) is 4.84. The minimum Gasteiger partial charge on any atom is -0.464 e. The van der Waals surface area contributed by atoms with E-state index < -0.39 is 11.9 Å². The van der Waals surface area contributed by atoms with E-state index in [0.29, 0.717) is 5.56 Å². The van der Waals surface area contributed by atoms with Gasteiger partial charge >= 0.3 is 11.9 Å². The lowest BCUT2D eigenvalue weighted by Gasteiger charge is -2.07. The average molecular weight is 331 g/mol. The molecule has 8 heteroatoms. The lowest BCUT2D eigenvalue weighted by Crippen LogP contribution is -2.18. The molecule has 1 heterocycles. The highest BCUT2D eigenvalue weighted by atomic mass is 16.5. The van der Waals surface area contributed by atoms with Crippen molar-refractivity contribution in [3.05, 3.63) is 52.8 Å². The summed E-state index contributed by atoms with van der Waals surface area (Å²) in [6.45, 7) is 0.187. The van der Waals surface area contributed by atoms with Gasteiger partial charge in [0.25, 0.3) is 5.91 Å². The van der Waals surface area contributed by atoms with Crippen LogP contribution < -0.4 is 5.32 Å². The minimum atomic E-state index is -0.655. The fourth-order valence-corrected chi connectivity index (χ4v) is 2.14. The van der Waals surface area contributed by atoms with Crippen molar-refractivity contribution in [1.82, 2.24) is 15.1 Å². The molecule has 0 radical (unpaired) electrons. The highest BCUT2D eigenvalue weighted by Crippen LogP contribution is 2.12. The molecule has 8 nitrogen and oxygen atoms in total. The third-order valence-corrected chi connectivity index (χ3v) is 3.32. The van der Waals surface area contributed by atoms with Gasteiger partial charge in [-0.3, -0.25) is 9.48 Å². The zero-order chi connectivity index (χ0) is 17.7. The van der Waals surface area contributed by atoms with Gasteiger partial charge in [0.1, 0.15) is 5.69 Å². The molecule has 0 aliphatic carbocycles. The standard InChI is InChI=1S/C16H17N3O5/c1-17-14(20)11-6-4-5-10(7-11)9-19-13(16(22)24-3)8-12(18-19)15(21)23-2/h4-8H,9H2,1-3H3,(H,17,20). The number of carbonyl (C=O) groups is 3. The van der Waals surface area contributed by atoms with E-state index in [1.807, 2.05) is 0 Å². The Morgan fingerprint density at radius 3 is 2.46 bits per heavy atom. The molecule has 2 aromatic rings. The highest BCUT2D eigenvalue weighted by Gasteiger charge is 2.20. The first-order valence-corrected chi connectivity index (χ1v) is 7.05. The molecule has 0 unspecified atom stereocenters. The van der Waals surface area contributed by atoms with Crippen molar-refractivity contribution in [2.45, 2.75) is 6.54 Å². The number of aromatic nitrogens is 2. The van der Waals surface area contributed by atoms with Crippen molar-refractivity contribution in [2.24, 2.45) is 0 Å². The fourth-order valence-electron chi connectivity index (χ4n) is 2.14. The smallest absolute Gasteiger partial charge is 0.358 e. The van der Waals surface area contributed by atoms with Gasteiger partial charge in [-0.15, -0.1) is 0 Å². The Labute approximate surface area is 138 Å². The monoisotopic (exact) mass is 331 g/mol. The summed E-state index contributed by atoms with van der Waals surface area (Å²) in [7, 11) is 4.01. The van der Waals surface area contributed by atoms with Crippen molar-refractivity contribution >= 4 is 17.8 Å². The molecular weight excluding hydrogens is 314 g/mol. The first-order chi connectivity index (χ1) is 11.5. The van der Waals surface area contributed by atoms with E-state index in [9.17, 15) is 14.4 Å². The van der Waals surface area contributed by atoms with Gasteiger partial charge in [-0.1, -0.05) is 12.1 Å². The normalized spacial score (nSPS) is 10.1. The Kier molecular flexibility index (Phi) is 5.31. The van der Waals surface area contributed by atoms with Crippen LogP contribution in [0.3, 0.4) is 0 Å². The van der Waals surface area contributed by atoms with Crippen LogP contribution in [0.1, 0.15) is 36.9 Å². The first-order valence-electron chi connectivity index (χ1n) is 7.05. The molecule has 1 aromatic heterocycles. The third-order valence-electron chi connectivity index (χ3n) is 3.32. The van der Waals surface area contributed by atoms with Crippen molar-refractivity contribution in [3.8, 4) is 0 Å². The molecule has 0 saturated carbocycles. The number of hydrogen-bond donors (Lipinski definition) is 1. The predicted octanol–water partition coefficient (Wildman–Crippen LogP) is 0.864. The maximum absolute atomic E-state index is 11.9. The van der Waals surface area contributed by atoms with Crippen LogP contribution in [-0.2, 0) is 16.0 Å². The van der Waals surface area contributed by atoms with Crippen LogP contribution in [0, 0.1) is 0 Å². The molecule has 0 aliphatic heterocycles. The van der Waals surface area contributed by atoms with E-state index in [4.69, 9.17) is 4.74 Å². The average Bonchev–Trinajstić information content (AvgIpc) is 3.03. The zero-order valence-electron chi connectivity index (χ0n) is 13.5. The number of nitrogens with one attached hydrogen (secondary N) is 1. The van der Waals surface area contributed by atoms with Crippen molar-refractivity contribution in [2.75, 3.05) is 21.3 Å². The Morgan fingerprint density at radius 1 is 1.12 bits per heavy atom. The zero-order valence-corrected chi connectivity index (χ0v) is 13.5. The summed E-state index contributed by atoms with van der Waals surface area (Å²) in [4.78, 5) is 35.2. The van der Waals surface area contributed by atoms with Crippen LogP contribution in [0.4, 0.5) is 0 Å². The summed E-state index contributed by atoms with van der Waals surface area (Å²) in [6.07, 6.45) is 0. The number of carbonyl (C=O) groups excluding carboxylic acids is 3. The summed E-state index contributed by atoms with van der Waals surface area (Å²) in [6, 6.07) is 8.17. The van der Waals surface area contributed by atoms with Crippen LogP contribution >= 0.6 is 0 Å². The lowest BCUT2D eigenvalue weighted by atomic mass is 10.1. The van der Waals surface area contributed by atoms with E-state index in [1.54, 1.807) is 31.3 Å². The van der Waals surface area contributed by atoms with Crippen LogP contribution in [0.15, 0.2) is 30.3 Å². The Hall–Kier alpha value is -3.16. The van der Waals surface area contributed by atoms with Gasteiger partial charge in [0.05, 0.1) is 20.8 Å². The van der Waals surface area contributed by atoms with E-state index in [-0.39, 0.29) is 23.8 Å². The summed E-state index contributed by atoms with van der Waals surface area (Å²) in [5.74, 6) is -1.50. The molecule has 1 N–H and O–H groups in total. The van der Waals surface area contributed by atoms with Crippen LogP contribution in [0.25, 0.3) is 0 Å². The van der Waals surface area contributed by atoms with Gasteiger partial charge in [-0.2, -0.15) is 5.10 Å². The number of hydrogen-bond acceptors (Lipinski definition) is 6. The summed E-state index contributed by atoms with van der Waals surface area (Å²) >= 11 is 0. The minimum absolute atomic E-state index is 0.000329. The van der Waals surface area contributed by atoms with Gasteiger partial charge in [-0.05, 0) is 17.7 Å². The molecule has 0 aliphatic rings. The summed E-state index contributed by atoms with van der Waals surface area (Å²) < 4.78 is 10.7. The lowest BCUT2D eigenvalue weighted by molar-refractivity contribution is 0.0581. The topological polar surface area (TPSA) is 99.5 Å². The van der Waals surface area contributed by atoms with Gasteiger partial charge in [0.15, 0.2) is 5.69 Å². The van der Waals surface area contributed by atoms with Gasteiger partial charge in [0, 0.05) is 18.7 Å². The summed E-state index contributed by atoms with van der Waals surface area (Å²) in [5, 5.41) is 6.62. The van der Waals surface area contributed by atoms with Crippen LogP contribution in [0.2, 0.25) is 0 Å². The molecule has 2 rings (SSSR count). The molecule has 0 fully saturated rings. The van der Waals surface area contributed by atoms with Gasteiger partial charge in [-0.25, -0.2) is 9.59 Å². The van der Waals surface area contributed by atoms with Crippen LogP contribution in [-0.4, -0.2) is 48.9 Å². The third kappa shape index (κ3) is 3.60. The number of rotatable bonds is 5. The van der Waals surface area contributed by atoms with E-state index >= 15 is 0 Å². The molecule has 126 valence electrons. The predicted molar refractivity (Wildman–Crippen MR) is 83.8 cm³/mol. The number of ether oxygens (including phenoxy) is 2. The molecule has 0 atom stereocenters. The number of benzene rings is 1. The Balaban J connectivity index is 2.38. The Bertz CT molecular complexity index is 782. The molecule has 24 heavy (non-hydrogen) atoms. The molecule has 1 aromatic carbocycles. The number of nitrogens with zero attached hydrogens (tertiary/aromatic N) is 2.